The first-order valence-electron chi connectivity index (χ1n) is 8.98. The second-order valence-corrected chi connectivity index (χ2v) is 8.61. The van der Waals surface area contributed by atoms with E-state index < -0.39 is 10.0 Å². The van der Waals surface area contributed by atoms with Crippen LogP contribution in [-0.2, 0) is 22.9 Å². The minimum absolute atomic E-state index is 0.0820. The van der Waals surface area contributed by atoms with Gasteiger partial charge in [-0.3, -0.25) is 9.10 Å². The molecule has 1 aliphatic rings. The molecular formula is C20H24N2O3S. The Morgan fingerprint density at radius 2 is 1.85 bits per heavy atom. The van der Waals surface area contributed by atoms with Crippen molar-refractivity contribution >= 4 is 27.3 Å². The van der Waals surface area contributed by atoms with Crippen LogP contribution in [0.5, 0.6) is 0 Å². The highest BCUT2D eigenvalue weighted by atomic mass is 32.2. The molecule has 0 fully saturated rings. The van der Waals surface area contributed by atoms with Crippen LogP contribution in [-0.4, -0.2) is 26.6 Å². The Balaban J connectivity index is 1.81. The number of benzene rings is 2. The average Bonchev–Trinajstić information content (AvgIpc) is 2.67. The van der Waals surface area contributed by atoms with Crippen molar-refractivity contribution in [1.82, 2.24) is 0 Å². The van der Waals surface area contributed by atoms with Crippen molar-refractivity contribution in [2.45, 2.75) is 33.1 Å². The summed E-state index contributed by atoms with van der Waals surface area (Å²) in [5, 5.41) is 2.91. The molecule has 2 aromatic rings. The van der Waals surface area contributed by atoms with Crippen LogP contribution in [0, 0.1) is 0 Å². The molecule has 0 saturated heterocycles. The average molecular weight is 372 g/mol. The van der Waals surface area contributed by atoms with Crippen molar-refractivity contribution in [2.75, 3.05) is 21.9 Å². The lowest BCUT2D eigenvalue weighted by molar-refractivity contribution is 0.102. The smallest absolute Gasteiger partial charge is 0.255 e. The summed E-state index contributed by atoms with van der Waals surface area (Å²) in [6.45, 7) is 4.24. The molecule has 138 valence electrons. The zero-order valence-corrected chi connectivity index (χ0v) is 16.0. The molecule has 2 aromatic carbocycles. The monoisotopic (exact) mass is 372 g/mol. The largest absolute Gasteiger partial charge is 0.322 e. The van der Waals surface area contributed by atoms with Crippen LogP contribution in [0.1, 0.15) is 41.8 Å². The van der Waals surface area contributed by atoms with Gasteiger partial charge in [-0.2, -0.15) is 0 Å². The standard InChI is InChI=1S/C20H24N2O3S/c1-3-15-7-9-16(10-8-15)20(23)21-18-11-12-19-17(14-18)6-5-13-22(19)26(24,25)4-2/h7-12,14H,3-6,13H2,1-2H3,(H,21,23). The highest BCUT2D eigenvalue weighted by Crippen LogP contribution is 2.31. The van der Waals surface area contributed by atoms with Gasteiger partial charge < -0.3 is 5.32 Å². The van der Waals surface area contributed by atoms with E-state index in [0.717, 1.165) is 30.5 Å². The van der Waals surface area contributed by atoms with Crippen molar-refractivity contribution in [2.24, 2.45) is 0 Å². The van der Waals surface area contributed by atoms with Gasteiger partial charge in [-0.05, 0) is 67.6 Å². The molecular weight excluding hydrogens is 348 g/mol. The van der Waals surface area contributed by atoms with Crippen molar-refractivity contribution in [1.29, 1.82) is 0 Å². The molecule has 1 aliphatic heterocycles. The van der Waals surface area contributed by atoms with Crippen LogP contribution in [0.2, 0.25) is 0 Å². The van der Waals surface area contributed by atoms with E-state index in [4.69, 9.17) is 0 Å². The Bertz CT molecular complexity index is 905. The third-order valence-electron chi connectivity index (χ3n) is 4.74. The van der Waals surface area contributed by atoms with E-state index in [1.807, 2.05) is 30.3 Å². The predicted octanol–water partition coefficient (Wildman–Crippen LogP) is 3.60. The van der Waals surface area contributed by atoms with Gasteiger partial charge in [0.2, 0.25) is 10.0 Å². The summed E-state index contributed by atoms with van der Waals surface area (Å²) in [6, 6.07) is 13.0. The first-order chi connectivity index (χ1) is 12.4. The van der Waals surface area contributed by atoms with E-state index in [0.29, 0.717) is 17.8 Å². The SMILES string of the molecule is CCc1ccc(C(=O)Nc2ccc3c(c2)CCCN3S(=O)(=O)CC)cc1. The van der Waals surface area contributed by atoms with E-state index in [2.05, 4.69) is 12.2 Å². The Hall–Kier alpha value is -2.34. The Morgan fingerprint density at radius 3 is 2.50 bits per heavy atom. The van der Waals surface area contributed by atoms with Gasteiger partial charge in [0.1, 0.15) is 0 Å². The number of hydrogen-bond donors (Lipinski definition) is 1. The summed E-state index contributed by atoms with van der Waals surface area (Å²) in [7, 11) is -3.27. The van der Waals surface area contributed by atoms with Gasteiger partial charge in [0.05, 0.1) is 11.4 Å². The van der Waals surface area contributed by atoms with E-state index >= 15 is 0 Å². The first kappa shape index (κ1) is 18.5. The fraction of sp³-hybridized carbons (Fsp3) is 0.350. The van der Waals surface area contributed by atoms with Gasteiger partial charge in [0.15, 0.2) is 0 Å². The minimum atomic E-state index is -3.27. The van der Waals surface area contributed by atoms with Crippen molar-refractivity contribution in [3.63, 3.8) is 0 Å². The summed E-state index contributed by atoms with van der Waals surface area (Å²) in [6.07, 6.45) is 2.52. The molecule has 0 spiro atoms. The Morgan fingerprint density at radius 1 is 1.12 bits per heavy atom. The zero-order valence-electron chi connectivity index (χ0n) is 15.2. The number of carbonyl (C=O) groups is 1. The molecule has 26 heavy (non-hydrogen) atoms. The summed E-state index contributed by atoms with van der Waals surface area (Å²) in [5.41, 5.74) is 4.16. The number of anilines is 2. The van der Waals surface area contributed by atoms with Crippen LogP contribution in [0.25, 0.3) is 0 Å². The van der Waals surface area contributed by atoms with E-state index in [1.54, 1.807) is 19.1 Å². The van der Waals surface area contributed by atoms with Crippen LogP contribution in [0.15, 0.2) is 42.5 Å². The molecule has 1 N–H and O–H groups in total. The molecule has 0 bridgehead atoms. The molecule has 0 atom stereocenters. The Labute approximate surface area is 155 Å². The van der Waals surface area contributed by atoms with Crippen LogP contribution in [0.4, 0.5) is 11.4 Å². The lowest BCUT2D eigenvalue weighted by atomic mass is 10.0. The molecule has 1 heterocycles. The minimum Gasteiger partial charge on any atom is -0.322 e. The molecule has 0 radical (unpaired) electrons. The highest BCUT2D eigenvalue weighted by molar-refractivity contribution is 7.92. The fourth-order valence-electron chi connectivity index (χ4n) is 3.18. The van der Waals surface area contributed by atoms with E-state index in [1.165, 1.54) is 9.87 Å². The van der Waals surface area contributed by atoms with Gasteiger partial charge >= 0.3 is 0 Å². The summed E-state index contributed by atoms with van der Waals surface area (Å²) >= 11 is 0. The number of rotatable bonds is 5. The van der Waals surface area contributed by atoms with E-state index in [9.17, 15) is 13.2 Å². The first-order valence-corrected chi connectivity index (χ1v) is 10.6. The number of amides is 1. The number of aryl methyl sites for hydroxylation is 2. The van der Waals surface area contributed by atoms with Gasteiger partial charge in [0, 0.05) is 17.8 Å². The summed E-state index contributed by atoms with van der Waals surface area (Å²) < 4.78 is 26.0. The van der Waals surface area contributed by atoms with Gasteiger partial charge in [-0.1, -0.05) is 19.1 Å². The van der Waals surface area contributed by atoms with Crippen LogP contribution in [0.3, 0.4) is 0 Å². The highest BCUT2D eigenvalue weighted by Gasteiger charge is 2.26. The number of hydrogen-bond acceptors (Lipinski definition) is 3. The third kappa shape index (κ3) is 3.75. The fourth-order valence-corrected chi connectivity index (χ4v) is 4.38. The van der Waals surface area contributed by atoms with Crippen molar-refractivity contribution in [3.8, 4) is 0 Å². The maximum Gasteiger partial charge on any atom is 0.255 e. The maximum atomic E-state index is 12.4. The van der Waals surface area contributed by atoms with Gasteiger partial charge in [0.25, 0.3) is 5.91 Å². The molecule has 0 unspecified atom stereocenters. The third-order valence-corrected chi connectivity index (χ3v) is 6.52. The second kappa shape index (κ2) is 7.50. The predicted molar refractivity (Wildman–Crippen MR) is 105 cm³/mol. The molecule has 0 aromatic heterocycles. The number of carbonyl (C=O) groups excluding carboxylic acids is 1. The second-order valence-electron chi connectivity index (χ2n) is 6.42. The lowest BCUT2D eigenvalue weighted by Crippen LogP contribution is -2.36. The van der Waals surface area contributed by atoms with Crippen LogP contribution < -0.4 is 9.62 Å². The van der Waals surface area contributed by atoms with Crippen LogP contribution >= 0.6 is 0 Å². The molecule has 3 rings (SSSR count). The quantitative estimate of drug-likeness (QED) is 0.872. The number of nitrogens with zero attached hydrogens (tertiary/aromatic N) is 1. The maximum absolute atomic E-state index is 12.4. The lowest BCUT2D eigenvalue weighted by Gasteiger charge is -2.30. The van der Waals surface area contributed by atoms with E-state index in [-0.39, 0.29) is 11.7 Å². The molecule has 6 heteroatoms. The van der Waals surface area contributed by atoms with Gasteiger partial charge in [-0.25, -0.2) is 8.42 Å². The normalized spacial score (nSPS) is 14.0. The topological polar surface area (TPSA) is 66.5 Å². The molecule has 0 aliphatic carbocycles. The van der Waals surface area contributed by atoms with Crippen molar-refractivity contribution < 1.29 is 13.2 Å². The molecule has 0 saturated carbocycles. The molecule has 1 amide bonds. The number of fused-ring (bicyclic) bond motifs is 1. The van der Waals surface area contributed by atoms with Crippen molar-refractivity contribution in [3.05, 3.63) is 59.2 Å². The Kier molecular flexibility index (Phi) is 5.32. The zero-order chi connectivity index (χ0) is 18.7. The number of sulfonamides is 1. The summed E-state index contributed by atoms with van der Waals surface area (Å²) in [4.78, 5) is 12.4. The summed E-state index contributed by atoms with van der Waals surface area (Å²) in [5.74, 6) is -0.0833. The molecule has 5 nitrogen and oxygen atoms in total. The van der Waals surface area contributed by atoms with Gasteiger partial charge in [-0.15, -0.1) is 0 Å². The number of nitrogens with one attached hydrogen (secondary N) is 1.